The summed E-state index contributed by atoms with van der Waals surface area (Å²) in [7, 11) is 4.04. The van der Waals surface area contributed by atoms with Crippen molar-refractivity contribution in [2.45, 2.75) is 20.4 Å². The highest BCUT2D eigenvalue weighted by molar-refractivity contribution is 5.78. The van der Waals surface area contributed by atoms with Crippen LogP contribution in [0, 0.1) is 0 Å². The normalized spacial score (nSPS) is 10.3. The van der Waals surface area contributed by atoms with Crippen LogP contribution in [0.1, 0.15) is 19.4 Å². The lowest BCUT2D eigenvalue weighted by Crippen LogP contribution is -2.37. The van der Waals surface area contributed by atoms with Crippen LogP contribution in [0.5, 0.6) is 0 Å². The van der Waals surface area contributed by atoms with Gasteiger partial charge in [-0.25, -0.2) is 0 Å². The molecule has 0 spiro atoms. The number of amides is 1. The molecule has 4 nitrogen and oxygen atoms in total. The second-order valence-electron chi connectivity index (χ2n) is 4.75. The number of likely N-dealkylation sites (N-methyl/N-ethyl adjacent to an activating group) is 2. The van der Waals surface area contributed by atoms with Gasteiger partial charge in [-0.1, -0.05) is 19.1 Å². The van der Waals surface area contributed by atoms with Gasteiger partial charge in [0.05, 0.1) is 6.54 Å². The third-order valence-electron chi connectivity index (χ3n) is 3.09. The minimum absolute atomic E-state index is 0.154. The van der Waals surface area contributed by atoms with Gasteiger partial charge in [-0.3, -0.25) is 4.79 Å². The first-order valence-electron chi connectivity index (χ1n) is 6.83. The summed E-state index contributed by atoms with van der Waals surface area (Å²) in [5, 5.41) is 3.07. The molecule has 4 heteroatoms. The molecule has 1 aromatic carbocycles. The van der Waals surface area contributed by atoms with Crippen molar-refractivity contribution in [3.8, 4) is 0 Å². The molecule has 0 heterocycles. The average molecular weight is 263 g/mol. The van der Waals surface area contributed by atoms with Crippen molar-refractivity contribution in [3.63, 3.8) is 0 Å². The van der Waals surface area contributed by atoms with E-state index in [9.17, 15) is 4.79 Å². The number of anilines is 1. The lowest BCUT2D eigenvalue weighted by Gasteiger charge is -2.21. The van der Waals surface area contributed by atoms with E-state index in [1.807, 2.05) is 32.8 Å². The Kier molecular flexibility index (Phi) is 6.36. The molecule has 0 aromatic heterocycles. The highest BCUT2D eigenvalue weighted by atomic mass is 16.2. The Bertz CT molecular complexity index is 387. The summed E-state index contributed by atoms with van der Waals surface area (Å²) >= 11 is 0. The van der Waals surface area contributed by atoms with E-state index in [-0.39, 0.29) is 5.91 Å². The minimum atomic E-state index is 0.154. The lowest BCUT2D eigenvalue weighted by molar-refractivity contribution is -0.130. The monoisotopic (exact) mass is 263 g/mol. The number of benzene rings is 1. The summed E-state index contributed by atoms with van der Waals surface area (Å²) in [6.07, 6.45) is 0. The van der Waals surface area contributed by atoms with Crippen molar-refractivity contribution in [3.05, 3.63) is 29.8 Å². The number of hydrogen-bond donors (Lipinski definition) is 1. The lowest BCUT2D eigenvalue weighted by atomic mass is 10.2. The largest absolute Gasteiger partial charge is 0.378 e. The molecule has 1 N–H and O–H groups in total. The van der Waals surface area contributed by atoms with E-state index in [2.05, 4.69) is 34.5 Å². The predicted molar refractivity (Wildman–Crippen MR) is 80.4 cm³/mol. The van der Waals surface area contributed by atoms with Crippen molar-refractivity contribution < 1.29 is 4.79 Å². The molecule has 0 unspecified atom stereocenters. The zero-order valence-corrected chi connectivity index (χ0v) is 12.4. The van der Waals surface area contributed by atoms with Gasteiger partial charge in [-0.15, -0.1) is 0 Å². The zero-order valence-electron chi connectivity index (χ0n) is 12.4. The molecule has 1 aromatic rings. The third-order valence-corrected chi connectivity index (χ3v) is 3.09. The molecule has 0 aliphatic carbocycles. The molecular weight excluding hydrogens is 238 g/mol. The van der Waals surface area contributed by atoms with E-state index in [4.69, 9.17) is 0 Å². The minimum Gasteiger partial charge on any atom is -0.378 e. The quantitative estimate of drug-likeness (QED) is 0.813. The van der Waals surface area contributed by atoms with E-state index in [0.717, 1.165) is 18.7 Å². The fourth-order valence-corrected chi connectivity index (χ4v) is 1.84. The van der Waals surface area contributed by atoms with Crippen LogP contribution in [0.3, 0.4) is 0 Å². The van der Waals surface area contributed by atoms with Gasteiger partial charge in [0.2, 0.25) is 5.91 Å². The summed E-state index contributed by atoms with van der Waals surface area (Å²) in [4.78, 5) is 15.9. The van der Waals surface area contributed by atoms with Crippen LogP contribution < -0.4 is 10.2 Å². The number of carbonyl (C=O) groups excluding carboxylic acids is 1. The van der Waals surface area contributed by atoms with Gasteiger partial charge in [0.25, 0.3) is 0 Å². The molecule has 0 saturated carbocycles. The SMILES string of the molecule is CCNCC(=O)N(CC)Cc1ccc(N(C)C)cc1. The number of hydrogen-bond acceptors (Lipinski definition) is 3. The smallest absolute Gasteiger partial charge is 0.236 e. The summed E-state index contributed by atoms with van der Waals surface area (Å²) in [5.74, 6) is 0.154. The Labute approximate surface area is 116 Å². The second kappa shape index (κ2) is 7.79. The van der Waals surface area contributed by atoms with Crippen LogP contribution in [-0.4, -0.2) is 44.5 Å². The van der Waals surface area contributed by atoms with Crippen molar-refractivity contribution in [1.29, 1.82) is 0 Å². The first-order valence-corrected chi connectivity index (χ1v) is 6.83. The van der Waals surface area contributed by atoms with Gasteiger partial charge < -0.3 is 15.1 Å². The molecule has 0 radical (unpaired) electrons. The van der Waals surface area contributed by atoms with Gasteiger partial charge in [0, 0.05) is 32.9 Å². The first-order chi connectivity index (χ1) is 9.08. The highest BCUT2D eigenvalue weighted by Crippen LogP contribution is 2.13. The molecule has 0 aliphatic heterocycles. The Morgan fingerprint density at radius 3 is 2.26 bits per heavy atom. The molecule has 1 amide bonds. The van der Waals surface area contributed by atoms with Gasteiger partial charge in [0.15, 0.2) is 0 Å². The predicted octanol–water partition coefficient (Wildman–Crippen LogP) is 1.71. The van der Waals surface area contributed by atoms with Crippen LogP contribution in [0.15, 0.2) is 24.3 Å². The van der Waals surface area contributed by atoms with Crippen LogP contribution in [0.2, 0.25) is 0 Å². The van der Waals surface area contributed by atoms with E-state index in [1.54, 1.807) is 0 Å². The molecule has 0 atom stereocenters. The van der Waals surface area contributed by atoms with Crippen molar-refractivity contribution >= 4 is 11.6 Å². The van der Waals surface area contributed by atoms with Crippen LogP contribution in [0.4, 0.5) is 5.69 Å². The Morgan fingerprint density at radius 1 is 1.16 bits per heavy atom. The Hall–Kier alpha value is -1.55. The van der Waals surface area contributed by atoms with Crippen LogP contribution in [0.25, 0.3) is 0 Å². The van der Waals surface area contributed by atoms with Crippen molar-refractivity contribution in [2.75, 3.05) is 38.6 Å². The van der Waals surface area contributed by atoms with Gasteiger partial charge >= 0.3 is 0 Å². The molecule has 106 valence electrons. The summed E-state index contributed by atoms with van der Waals surface area (Å²) in [5.41, 5.74) is 2.34. The summed E-state index contributed by atoms with van der Waals surface area (Å²) in [6, 6.07) is 8.33. The second-order valence-corrected chi connectivity index (χ2v) is 4.75. The molecule has 0 fully saturated rings. The molecule has 1 rings (SSSR count). The average Bonchev–Trinajstić information content (AvgIpc) is 2.42. The topological polar surface area (TPSA) is 35.6 Å². The Balaban J connectivity index is 2.62. The van der Waals surface area contributed by atoms with E-state index in [0.29, 0.717) is 13.1 Å². The van der Waals surface area contributed by atoms with E-state index >= 15 is 0 Å². The third kappa shape index (κ3) is 4.91. The number of carbonyl (C=O) groups is 1. The standard InChI is InChI=1S/C15H25N3O/c1-5-16-11-15(19)18(6-2)12-13-7-9-14(10-8-13)17(3)4/h7-10,16H,5-6,11-12H2,1-4H3. The molecule has 0 bridgehead atoms. The maximum Gasteiger partial charge on any atom is 0.236 e. The fourth-order valence-electron chi connectivity index (χ4n) is 1.84. The number of nitrogens with one attached hydrogen (secondary N) is 1. The van der Waals surface area contributed by atoms with E-state index < -0.39 is 0 Å². The molecule has 0 saturated heterocycles. The zero-order chi connectivity index (χ0) is 14.3. The number of nitrogens with zero attached hydrogens (tertiary/aromatic N) is 2. The fraction of sp³-hybridized carbons (Fsp3) is 0.533. The van der Waals surface area contributed by atoms with Crippen LogP contribution >= 0.6 is 0 Å². The van der Waals surface area contributed by atoms with Crippen molar-refractivity contribution in [2.24, 2.45) is 0 Å². The van der Waals surface area contributed by atoms with E-state index in [1.165, 1.54) is 5.69 Å². The highest BCUT2D eigenvalue weighted by Gasteiger charge is 2.11. The Morgan fingerprint density at radius 2 is 1.79 bits per heavy atom. The molecular formula is C15H25N3O. The summed E-state index contributed by atoms with van der Waals surface area (Å²) in [6.45, 7) is 6.66. The van der Waals surface area contributed by atoms with Gasteiger partial charge in [-0.05, 0) is 31.2 Å². The molecule has 19 heavy (non-hydrogen) atoms. The number of rotatable bonds is 7. The van der Waals surface area contributed by atoms with Crippen molar-refractivity contribution in [1.82, 2.24) is 10.2 Å². The van der Waals surface area contributed by atoms with Crippen LogP contribution in [-0.2, 0) is 11.3 Å². The summed E-state index contributed by atoms with van der Waals surface area (Å²) < 4.78 is 0. The molecule has 0 aliphatic rings. The van der Waals surface area contributed by atoms with Gasteiger partial charge in [-0.2, -0.15) is 0 Å². The maximum absolute atomic E-state index is 12.0. The first kappa shape index (κ1) is 15.5. The van der Waals surface area contributed by atoms with Gasteiger partial charge in [0.1, 0.15) is 0 Å². The maximum atomic E-state index is 12.0.